The van der Waals surface area contributed by atoms with Crippen molar-refractivity contribution in [2.45, 2.75) is 46.1 Å². The topological polar surface area (TPSA) is 3.24 Å². The summed E-state index contributed by atoms with van der Waals surface area (Å²) in [6.45, 7) is 7.08. The molecule has 0 atom stereocenters. The predicted molar refractivity (Wildman–Crippen MR) is 54.3 cm³/mol. The molecule has 1 nitrogen and oxygen atoms in total. The van der Waals surface area contributed by atoms with E-state index in [0.717, 1.165) is 12.0 Å². The first-order valence-corrected chi connectivity index (χ1v) is 5.18. The Morgan fingerprint density at radius 3 is 2.08 bits per heavy atom. The summed E-state index contributed by atoms with van der Waals surface area (Å²) in [6.07, 6.45) is 4.18. The average Bonchev–Trinajstić information content (AvgIpc) is 1.84. The molecule has 0 unspecified atom stereocenters. The Kier molecular flexibility index (Phi) is 2.82. The minimum Gasteiger partial charge on any atom is -0.306 e. The van der Waals surface area contributed by atoms with Gasteiger partial charge in [-0.2, -0.15) is 0 Å². The summed E-state index contributed by atoms with van der Waals surface area (Å²) in [5, 5.41) is 0. The standard InChI is InChI=1S/C11H23N/c1-6-11(9(2)3)7-10(8-11)12(4)5/h9-10H,6-8H2,1-5H3. The second-order valence-corrected chi connectivity index (χ2v) is 4.90. The molecule has 0 saturated heterocycles. The van der Waals surface area contributed by atoms with Crippen molar-refractivity contribution in [3.63, 3.8) is 0 Å². The molecule has 0 aromatic heterocycles. The molecule has 0 bridgehead atoms. The Morgan fingerprint density at radius 2 is 1.83 bits per heavy atom. The molecule has 1 aliphatic rings. The van der Waals surface area contributed by atoms with Gasteiger partial charge in [0.15, 0.2) is 0 Å². The molecule has 1 aliphatic carbocycles. The van der Waals surface area contributed by atoms with Gasteiger partial charge in [-0.3, -0.25) is 0 Å². The lowest BCUT2D eigenvalue weighted by molar-refractivity contribution is -0.0170. The summed E-state index contributed by atoms with van der Waals surface area (Å²) in [5.74, 6) is 0.860. The quantitative estimate of drug-likeness (QED) is 0.628. The Bertz CT molecular complexity index is 143. The minimum atomic E-state index is 0.676. The van der Waals surface area contributed by atoms with Gasteiger partial charge in [-0.05, 0) is 38.3 Å². The van der Waals surface area contributed by atoms with E-state index in [0.29, 0.717) is 5.41 Å². The Labute approximate surface area is 77.1 Å². The largest absolute Gasteiger partial charge is 0.306 e. The van der Waals surface area contributed by atoms with Crippen LogP contribution in [0.15, 0.2) is 0 Å². The second-order valence-electron chi connectivity index (χ2n) is 4.90. The third-order valence-electron chi connectivity index (χ3n) is 3.94. The molecule has 0 aromatic carbocycles. The molecule has 1 saturated carbocycles. The molecule has 0 N–H and O–H groups in total. The van der Waals surface area contributed by atoms with E-state index in [9.17, 15) is 0 Å². The highest BCUT2D eigenvalue weighted by Gasteiger charge is 2.45. The van der Waals surface area contributed by atoms with Crippen LogP contribution in [-0.4, -0.2) is 25.0 Å². The van der Waals surface area contributed by atoms with Crippen LogP contribution in [0, 0.1) is 11.3 Å². The molecule has 0 aliphatic heterocycles. The van der Waals surface area contributed by atoms with Crippen LogP contribution in [0.5, 0.6) is 0 Å². The van der Waals surface area contributed by atoms with Crippen molar-refractivity contribution in [3.8, 4) is 0 Å². The molecule has 1 fully saturated rings. The van der Waals surface area contributed by atoms with Gasteiger partial charge >= 0.3 is 0 Å². The fraction of sp³-hybridized carbons (Fsp3) is 1.00. The van der Waals surface area contributed by atoms with E-state index >= 15 is 0 Å². The summed E-state index contributed by atoms with van der Waals surface area (Å²) in [7, 11) is 4.40. The zero-order chi connectivity index (χ0) is 9.35. The van der Waals surface area contributed by atoms with Gasteiger partial charge in [-0.25, -0.2) is 0 Å². The first-order chi connectivity index (χ1) is 5.52. The smallest absolute Gasteiger partial charge is 0.00999 e. The maximum Gasteiger partial charge on any atom is 0.00999 e. The van der Waals surface area contributed by atoms with E-state index in [1.165, 1.54) is 19.3 Å². The summed E-state index contributed by atoms with van der Waals surface area (Å²) in [5.41, 5.74) is 0.676. The van der Waals surface area contributed by atoms with E-state index < -0.39 is 0 Å². The van der Waals surface area contributed by atoms with E-state index in [1.54, 1.807) is 0 Å². The lowest BCUT2D eigenvalue weighted by atomic mass is 9.58. The first kappa shape index (κ1) is 10.0. The predicted octanol–water partition coefficient (Wildman–Crippen LogP) is 2.76. The van der Waals surface area contributed by atoms with Crippen molar-refractivity contribution < 1.29 is 0 Å². The van der Waals surface area contributed by atoms with Crippen molar-refractivity contribution >= 4 is 0 Å². The normalized spacial score (nSPS) is 35.8. The molecular weight excluding hydrogens is 146 g/mol. The van der Waals surface area contributed by atoms with Crippen LogP contribution in [0.2, 0.25) is 0 Å². The van der Waals surface area contributed by atoms with Gasteiger partial charge < -0.3 is 4.90 Å². The SMILES string of the molecule is CCC1(C(C)C)CC(N(C)C)C1. The highest BCUT2D eigenvalue weighted by Crippen LogP contribution is 2.50. The average molecular weight is 169 g/mol. The molecule has 1 heteroatoms. The van der Waals surface area contributed by atoms with Crippen LogP contribution in [0.1, 0.15) is 40.0 Å². The summed E-state index contributed by atoms with van der Waals surface area (Å²) in [4.78, 5) is 2.37. The third kappa shape index (κ3) is 1.52. The lowest BCUT2D eigenvalue weighted by Crippen LogP contribution is -2.50. The summed E-state index contributed by atoms with van der Waals surface area (Å²) in [6, 6.07) is 0.854. The van der Waals surface area contributed by atoms with Gasteiger partial charge in [-0.1, -0.05) is 27.2 Å². The van der Waals surface area contributed by atoms with Gasteiger partial charge in [0.1, 0.15) is 0 Å². The Morgan fingerprint density at radius 1 is 1.33 bits per heavy atom. The van der Waals surface area contributed by atoms with E-state index in [2.05, 4.69) is 39.8 Å². The maximum atomic E-state index is 2.37. The van der Waals surface area contributed by atoms with Crippen LogP contribution in [-0.2, 0) is 0 Å². The molecule has 1 rings (SSSR count). The van der Waals surface area contributed by atoms with Crippen molar-refractivity contribution in [1.29, 1.82) is 0 Å². The van der Waals surface area contributed by atoms with Gasteiger partial charge in [0.05, 0.1) is 0 Å². The molecule has 0 aromatic rings. The molecule has 0 heterocycles. The first-order valence-electron chi connectivity index (χ1n) is 5.18. The fourth-order valence-corrected chi connectivity index (χ4v) is 2.41. The summed E-state index contributed by atoms with van der Waals surface area (Å²) < 4.78 is 0. The molecule has 0 amide bonds. The number of hydrogen-bond donors (Lipinski definition) is 0. The van der Waals surface area contributed by atoms with Crippen LogP contribution in [0.4, 0.5) is 0 Å². The fourth-order valence-electron chi connectivity index (χ4n) is 2.41. The number of nitrogens with zero attached hydrogens (tertiary/aromatic N) is 1. The van der Waals surface area contributed by atoms with Crippen molar-refractivity contribution in [2.24, 2.45) is 11.3 Å². The van der Waals surface area contributed by atoms with Crippen LogP contribution in [0.25, 0.3) is 0 Å². The van der Waals surface area contributed by atoms with Crippen LogP contribution in [0.3, 0.4) is 0 Å². The zero-order valence-electron chi connectivity index (χ0n) is 9.22. The zero-order valence-corrected chi connectivity index (χ0v) is 9.22. The second kappa shape index (κ2) is 3.37. The highest BCUT2D eigenvalue weighted by molar-refractivity contribution is 4.98. The van der Waals surface area contributed by atoms with E-state index in [4.69, 9.17) is 0 Å². The van der Waals surface area contributed by atoms with Crippen LogP contribution >= 0.6 is 0 Å². The number of hydrogen-bond acceptors (Lipinski definition) is 1. The van der Waals surface area contributed by atoms with E-state index in [1.807, 2.05) is 0 Å². The Balaban J connectivity index is 2.46. The van der Waals surface area contributed by atoms with Gasteiger partial charge in [0, 0.05) is 6.04 Å². The maximum absolute atomic E-state index is 2.37. The molecule has 0 radical (unpaired) electrons. The van der Waals surface area contributed by atoms with Gasteiger partial charge in [0.25, 0.3) is 0 Å². The highest BCUT2D eigenvalue weighted by atomic mass is 15.1. The van der Waals surface area contributed by atoms with Gasteiger partial charge in [0.2, 0.25) is 0 Å². The van der Waals surface area contributed by atoms with E-state index in [-0.39, 0.29) is 0 Å². The minimum absolute atomic E-state index is 0.676. The number of rotatable bonds is 3. The van der Waals surface area contributed by atoms with Gasteiger partial charge in [-0.15, -0.1) is 0 Å². The monoisotopic (exact) mass is 169 g/mol. The molecular formula is C11H23N. The van der Waals surface area contributed by atoms with Crippen molar-refractivity contribution in [2.75, 3.05) is 14.1 Å². The summed E-state index contributed by atoms with van der Waals surface area (Å²) >= 11 is 0. The van der Waals surface area contributed by atoms with Crippen molar-refractivity contribution in [1.82, 2.24) is 4.90 Å². The third-order valence-corrected chi connectivity index (χ3v) is 3.94. The molecule has 72 valence electrons. The lowest BCUT2D eigenvalue weighted by Gasteiger charge is -2.53. The van der Waals surface area contributed by atoms with Crippen molar-refractivity contribution in [3.05, 3.63) is 0 Å². The molecule has 12 heavy (non-hydrogen) atoms. The van der Waals surface area contributed by atoms with Crippen LogP contribution < -0.4 is 0 Å². The Hall–Kier alpha value is -0.0400. The molecule has 0 spiro atoms.